The van der Waals surface area contributed by atoms with Crippen LogP contribution >= 0.6 is 0 Å². The molecule has 1 aromatic heterocycles. The molecule has 0 radical (unpaired) electrons. The van der Waals surface area contributed by atoms with Crippen molar-refractivity contribution >= 4 is 15.9 Å². The van der Waals surface area contributed by atoms with Gasteiger partial charge in [-0.1, -0.05) is 6.07 Å². The summed E-state index contributed by atoms with van der Waals surface area (Å²) in [6, 6.07) is 11.6. The van der Waals surface area contributed by atoms with Gasteiger partial charge in [-0.15, -0.1) is 0 Å². The first-order chi connectivity index (χ1) is 15.3. The predicted molar refractivity (Wildman–Crippen MR) is 118 cm³/mol. The molecule has 10 heteroatoms. The van der Waals surface area contributed by atoms with Gasteiger partial charge in [-0.3, -0.25) is 9.78 Å². The molecule has 0 aliphatic carbocycles. The minimum atomic E-state index is -3.66. The number of nitrogens with zero attached hydrogens (tertiary/aromatic N) is 3. The zero-order valence-electron chi connectivity index (χ0n) is 18.3. The lowest BCUT2D eigenvalue weighted by Crippen LogP contribution is -2.46. The zero-order chi connectivity index (χ0) is 23.2. The molecule has 1 aromatic carbocycles. The summed E-state index contributed by atoms with van der Waals surface area (Å²) in [6.45, 7) is 0.866. The number of aliphatic hydroxyl groups is 1. The Hall–Kier alpha value is -2.53. The summed E-state index contributed by atoms with van der Waals surface area (Å²) in [7, 11) is -0.677. The second-order valence-electron chi connectivity index (χ2n) is 7.68. The van der Waals surface area contributed by atoms with Gasteiger partial charge in [-0.05, 0) is 49.2 Å². The van der Waals surface area contributed by atoms with Gasteiger partial charge in [0.15, 0.2) is 0 Å². The summed E-state index contributed by atoms with van der Waals surface area (Å²) in [5, 5.41) is 10.8. The van der Waals surface area contributed by atoms with E-state index < -0.39 is 15.6 Å². The molecule has 1 aliphatic heterocycles. The molecule has 174 valence electrons. The summed E-state index contributed by atoms with van der Waals surface area (Å²) < 4.78 is 36.9. The van der Waals surface area contributed by atoms with Crippen LogP contribution < -0.4 is 4.74 Å². The van der Waals surface area contributed by atoms with E-state index in [1.807, 2.05) is 6.07 Å². The van der Waals surface area contributed by atoms with Gasteiger partial charge in [0.2, 0.25) is 15.9 Å². The minimum Gasteiger partial charge on any atom is -0.497 e. The quantitative estimate of drug-likeness (QED) is 0.557. The van der Waals surface area contributed by atoms with Gasteiger partial charge >= 0.3 is 0 Å². The molecular formula is C22H29N3O6S. The van der Waals surface area contributed by atoms with Gasteiger partial charge in [0.25, 0.3) is 0 Å². The normalized spacial score (nSPS) is 16.2. The Kier molecular flexibility index (Phi) is 7.83. The lowest BCUT2D eigenvalue weighted by Gasteiger charge is -2.37. The first-order valence-electron chi connectivity index (χ1n) is 10.4. The van der Waals surface area contributed by atoms with Crippen LogP contribution in [0.15, 0.2) is 53.6 Å². The molecule has 2 heterocycles. The van der Waals surface area contributed by atoms with Crippen LogP contribution in [0.1, 0.15) is 18.5 Å². The molecule has 32 heavy (non-hydrogen) atoms. The fourth-order valence-corrected chi connectivity index (χ4v) is 4.67. The number of rotatable bonds is 9. The maximum Gasteiger partial charge on any atom is 0.248 e. The summed E-state index contributed by atoms with van der Waals surface area (Å²) >= 11 is 0. The third kappa shape index (κ3) is 5.63. The molecule has 0 spiro atoms. The number of sulfonamides is 1. The van der Waals surface area contributed by atoms with Crippen molar-refractivity contribution in [1.82, 2.24) is 14.2 Å². The van der Waals surface area contributed by atoms with Crippen LogP contribution in [0.4, 0.5) is 0 Å². The van der Waals surface area contributed by atoms with Crippen molar-refractivity contribution in [2.45, 2.75) is 23.3 Å². The summed E-state index contributed by atoms with van der Waals surface area (Å²) in [6.07, 6.45) is 2.45. The number of ether oxygens (including phenoxy) is 2. The molecule has 2 aromatic rings. The van der Waals surface area contributed by atoms with E-state index in [2.05, 4.69) is 4.98 Å². The lowest BCUT2D eigenvalue weighted by molar-refractivity contribution is -0.140. The number of hydrogen-bond donors (Lipinski definition) is 1. The van der Waals surface area contributed by atoms with Crippen LogP contribution in [-0.2, 0) is 25.2 Å². The van der Waals surface area contributed by atoms with Gasteiger partial charge in [0.1, 0.15) is 18.0 Å². The van der Waals surface area contributed by atoms with Crippen LogP contribution in [0.25, 0.3) is 0 Å². The largest absolute Gasteiger partial charge is 0.497 e. The second kappa shape index (κ2) is 10.4. The topological polar surface area (TPSA) is 109 Å². The SMILES string of the molecule is COc1ccc(S(=O)(=O)N(C)CCOCC(=O)N2CCC(O)(c3ccccn3)CC2)cc1. The van der Waals surface area contributed by atoms with E-state index in [1.54, 1.807) is 35.4 Å². The Morgan fingerprint density at radius 3 is 2.47 bits per heavy atom. The van der Waals surface area contributed by atoms with Crippen LogP contribution in [0.5, 0.6) is 5.75 Å². The average Bonchev–Trinajstić information content (AvgIpc) is 2.82. The van der Waals surface area contributed by atoms with E-state index in [1.165, 1.54) is 30.6 Å². The molecule has 3 rings (SSSR count). The number of carbonyl (C=O) groups excluding carboxylic acids is 1. The molecule has 1 saturated heterocycles. The van der Waals surface area contributed by atoms with E-state index >= 15 is 0 Å². The fraction of sp³-hybridized carbons (Fsp3) is 0.455. The molecule has 0 saturated carbocycles. The van der Waals surface area contributed by atoms with Crippen molar-refractivity contribution in [3.05, 3.63) is 54.4 Å². The Morgan fingerprint density at radius 1 is 1.19 bits per heavy atom. The van der Waals surface area contributed by atoms with E-state index in [0.29, 0.717) is 37.4 Å². The summed E-state index contributed by atoms with van der Waals surface area (Å²) in [5.74, 6) is 0.387. The first-order valence-corrected chi connectivity index (χ1v) is 11.8. The van der Waals surface area contributed by atoms with Crippen molar-refractivity contribution in [3.63, 3.8) is 0 Å². The number of amides is 1. The Bertz CT molecular complexity index is 990. The minimum absolute atomic E-state index is 0.0866. The standard InChI is InChI=1S/C22H29N3O6S/c1-24(32(28,29)19-8-6-18(30-2)7-9-19)15-16-31-17-21(26)25-13-10-22(27,11-14-25)20-5-3-4-12-23-20/h3-9,12,27H,10-11,13-17H2,1-2H3. The second-order valence-corrected chi connectivity index (χ2v) is 9.73. The third-order valence-corrected chi connectivity index (χ3v) is 7.50. The Balaban J connectivity index is 1.42. The lowest BCUT2D eigenvalue weighted by atomic mass is 9.88. The molecular weight excluding hydrogens is 434 g/mol. The number of likely N-dealkylation sites (N-methyl/N-ethyl adjacent to an activating group) is 1. The molecule has 0 unspecified atom stereocenters. The van der Waals surface area contributed by atoms with Gasteiger partial charge in [0.05, 0.1) is 24.3 Å². The molecule has 0 bridgehead atoms. The average molecular weight is 464 g/mol. The van der Waals surface area contributed by atoms with Gasteiger partial charge in [0, 0.05) is 32.9 Å². The van der Waals surface area contributed by atoms with Crippen molar-refractivity contribution in [1.29, 1.82) is 0 Å². The highest BCUT2D eigenvalue weighted by atomic mass is 32.2. The van der Waals surface area contributed by atoms with Crippen LogP contribution in [-0.4, -0.2) is 80.6 Å². The van der Waals surface area contributed by atoms with Crippen LogP contribution in [0, 0.1) is 0 Å². The molecule has 9 nitrogen and oxygen atoms in total. The number of likely N-dealkylation sites (tertiary alicyclic amines) is 1. The van der Waals surface area contributed by atoms with Gasteiger partial charge in [-0.2, -0.15) is 4.31 Å². The molecule has 1 fully saturated rings. The molecule has 1 amide bonds. The maximum absolute atomic E-state index is 12.6. The first kappa shape index (κ1) is 24.1. The third-order valence-electron chi connectivity index (χ3n) is 5.63. The van der Waals surface area contributed by atoms with Crippen molar-refractivity contribution < 1.29 is 27.8 Å². The van der Waals surface area contributed by atoms with Gasteiger partial charge in [-0.25, -0.2) is 8.42 Å². The number of aromatic nitrogens is 1. The van der Waals surface area contributed by atoms with E-state index in [9.17, 15) is 18.3 Å². The molecule has 1 aliphatic rings. The summed E-state index contributed by atoms with van der Waals surface area (Å²) in [4.78, 5) is 18.5. The highest BCUT2D eigenvalue weighted by Crippen LogP contribution is 2.31. The highest BCUT2D eigenvalue weighted by molar-refractivity contribution is 7.89. The smallest absolute Gasteiger partial charge is 0.248 e. The number of carbonyl (C=O) groups is 1. The van der Waals surface area contributed by atoms with E-state index in [4.69, 9.17) is 9.47 Å². The zero-order valence-corrected chi connectivity index (χ0v) is 19.1. The Morgan fingerprint density at radius 2 is 1.88 bits per heavy atom. The maximum atomic E-state index is 12.6. The van der Waals surface area contributed by atoms with Crippen molar-refractivity contribution in [3.8, 4) is 5.75 Å². The van der Waals surface area contributed by atoms with E-state index in [0.717, 1.165) is 0 Å². The molecule has 1 N–H and O–H groups in total. The number of methoxy groups -OCH3 is 1. The molecule has 0 atom stereocenters. The summed E-state index contributed by atoms with van der Waals surface area (Å²) in [5.41, 5.74) is -0.415. The number of benzene rings is 1. The van der Waals surface area contributed by atoms with E-state index in [-0.39, 0.29) is 30.6 Å². The monoisotopic (exact) mass is 463 g/mol. The number of pyridine rings is 1. The predicted octanol–water partition coefficient (Wildman–Crippen LogP) is 1.24. The van der Waals surface area contributed by atoms with Gasteiger partial charge < -0.3 is 19.5 Å². The number of piperidine rings is 1. The highest BCUT2D eigenvalue weighted by Gasteiger charge is 2.36. The van der Waals surface area contributed by atoms with Crippen molar-refractivity contribution in [2.75, 3.05) is 47.0 Å². The fourth-order valence-electron chi connectivity index (χ4n) is 3.51. The van der Waals surface area contributed by atoms with Crippen LogP contribution in [0.3, 0.4) is 0 Å². The number of hydrogen-bond acceptors (Lipinski definition) is 7. The Labute approximate surface area is 188 Å². The van der Waals surface area contributed by atoms with Crippen LogP contribution in [0.2, 0.25) is 0 Å². The van der Waals surface area contributed by atoms with Crippen molar-refractivity contribution in [2.24, 2.45) is 0 Å².